The van der Waals surface area contributed by atoms with Crippen molar-refractivity contribution in [3.8, 4) is 0 Å². The van der Waals surface area contributed by atoms with E-state index in [9.17, 15) is 93.0 Å². The van der Waals surface area contributed by atoms with Crippen LogP contribution in [-0.4, -0.2) is 90.2 Å². The Balaban J connectivity index is 4.73. The van der Waals surface area contributed by atoms with Gasteiger partial charge in [-0.15, -0.1) is 0 Å². The number of rotatable bonds is 31. The average Bonchev–Trinajstić information content (AvgIpc) is 3.09. The molecule has 0 aliphatic carbocycles. The van der Waals surface area contributed by atoms with E-state index in [0.29, 0.717) is 17.2 Å². The van der Waals surface area contributed by atoms with Crippen LogP contribution in [-0.2, 0) is 19.1 Å². The molecule has 0 spiro atoms. The molecular formula is C32H43F19O4S2. The van der Waals surface area contributed by atoms with Gasteiger partial charge in [0.05, 0.1) is 0 Å². The first kappa shape index (κ1) is 55.3. The summed E-state index contributed by atoms with van der Waals surface area (Å²) in [6.45, 7) is 0.538. The monoisotopic (exact) mass is 916 g/mol. The fourth-order valence-corrected chi connectivity index (χ4v) is 6.42. The molecule has 0 aliphatic rings. The first-order valence-corrected chi connectivity index (χ1v) is 20.0. The van der Waals surface area contributed by atoms with Crippen molar-refractivity contribution in [1.82, 2.24) is 0 Å². The van der Waals surface area contributed by atoms with Gasteiger partial charge < -0.3 is 9.47 Å². The van der Waals surface area contributed by atoms with Gasteiger partial charge in [0.1, 0.15) is 13.2 Å². The molecule has 0 rings (SSSR count). The first-order valence-electron chi connectivity index (χ1n) is 17.5. The molecule has 0 fully saturated rings. The van der Waals surface area contributed by atoms with Crippen LogP contribution in [0.4, 0.5) is 83.4 Å². The van der Waals surface area contributed by atoms with Crippen molar-refractivity contribution < 1.29 is 102 Å². The zero-order valence-electron chi connectivity index (χ0n) is 30.3. The van der Waals surface area contributed by atoms with Crippen LogP contribution >= 0.6 is 21.6 Å². The molecule has 0 unspecified atom stereocenters. The summed E-state index contributed by atoms with van der Waals surface area (Å²) in [5.41, 5.74) is 0. The average molecular weight is 917 g/mol. The lowest BCUT2D eigenvalue weighted by atomic mass is 9.87. The van der Waals surface area contributed by atoms with E-state index in [-0.39, 0.29) is 18.8 Å². The van der Waals surface area contributed by atoms with Gasteiger partial charge in [0.25, 0.3) is 0 Å². The van der Waals surface area contributed by atoms with Gasteiger partial charge in [-0.1, -0.05) is 118 Å². The fourth-order valence-electron chi connectivity index (χ4n) is 4.77. The molecule has 0 aromatic rings. The third kappa shape index (κ3) is 13.7. The lowest BCUT2D eigenvalue weighted by Gasteiger charge is -2.43. The van der Waals surface area contributed by atoms with Gasteiger partial charge in [0.2, 0.25) is 0 Å². The lowest BCUT2D eigenvalue weighted by molar-refractivity contribution is -0.467. The summed E-state index contributed by atoms with van der Waals surface area (Å²) in [6, 6.07) is 0. The number of ether oxygens (including phenoxy) is 2. The number of alkyl halides is 19. The molecule has 0 aromatic carbocycles. The topological polar surface area (TPSA) is 52.6 Å². The predicted octanol–water partition coefficient (Wildman–Crippen LogP) is 13.4. The van der Waals surface area contributed by atoms with E-state index in [1.54, 1.807) is 0 Å². The largest absolute Gasteiger partial charge is 0.465 e. The molecule has 0 aliphatic heterocycles. The molecule has 0 N–H and O–H groups in total. The van der Waals surface area contributed by atoms with Crippen LogP contribution in [0.15, 0.2) is 0 Å². The highest BCUT2D eigenvalue weighted by atomic mass is 33.1. The first-order chi connectivity index (χ1) is 25.9. The number of hydrogen-bond acceptors (Lipinski definition) is 6. The summed E-state index contributed by atoms with van der Waals surface area (Å²) in [5.74, 6) is -73.8. The molecule has 0 heterocycles. The van der Waals surface area contributed by atoms with Gasteiger partial charge in [-0.3, -0.25) is 4.79 Å². The molecule has 0 bridgehead atoms. The molecule has 57 heavy (non-hydrogen) atoms. The Bertz CT molecular complexity index is 1200. The number of halogens is 19. The highest BCUT2D eigenvalue weighted by molar-refractivity contribution is 8.76. The maximum Gasteiger partial charge on any atom is 0.460 e. The van der Waals surface area contributed by atoms with Crippen LogP contribution in [0.3, 0.4) is 0 Å². The second-order valence-electron chi connectivity index (χ2n) is 12.8. The number of unbranched alkanes of at least 4 members (excludes halogenated alkanes) is 14. The van der Waals surface area contributed by atoms with Crippen LogP contribution < -0.4 is 0 Å². The van der Waals surface area contributed by atoms with Crippen molar-refractivity contribution in [3.63, 3.8) is 0 Å². The van der Waals surface area contributed by atoms with E-state index >= 15 is 0 Å². The molecular weight excluding hydrogens is 873 g/mol. The summed E-state index contributed by atoms with van der Waals surface area (Å²) in [5, 5.41) is 0. The van der Waals surface area contributed by atoms with Crippen LogP contribution in [0.25, 0.3) is 0 Å². The SMILES string of the molecule is CCCCCCCCCCCCCCCCCC(=O)OCCSSCCOC(=O)C(F)(F)C(F)(F)C(F)(F)C(F)(F)C(F)(F)C(F)(F)C(F)(F)C(F)(F)C(F)(F)F. The van der Waals surface area contributed by atoms with Gasteiger partial charge >= 0.3 is 65.5 Å². The minimum Gasteiger partial charge on any atom is -0.465 e. The second-order valence-corrected chi connectivity index (χ2v) is 15.5. The van der Waals surface area contributed by atoms with Crippen molar-refractivity contribution in [1.29, 1.82) is 0 Å². The van der Waals surface area contributed by atoms with Crippen LogP contribution in [0.5, 0.6) is 0 Å². The van der Waals surface area contributed by atoms with Gasteiger partial charge in [0.15, 0.2) is 0 Å². The number of hydrogen-bond donors (Lipinski definition) is 0. The van der Waals surface area contributed by atoms with Crippen molar-refractivity contribution in [2.75, 3.05) is 24.7 Å². The minimum atomic E-state index is -9.07. The van der Waals surface area contributed by atoms with E-state index < -0.39 is 77.9 Å². The highest BCUT2D eigenvalue weighted by Gasteiger charge is 2.97. The minimum absolute atomic E-state index is 0.00839. The maximum absolute atomic E-state index is 14.0. The number of carbonyl (C=O) groups is 2. The van der Waals surface area contributed by atoms with E-state index in [2.05, 4.69) is 11.7 Å². The Morgan fingerprint density at radius 3 is 1.05 bits per heavy atom. The van der Waals surface area contributed by atoms with Crippen LogP contribution in [0, 0.1) is 0 Å². The van der Waals surface area contributed by atoms with E-state index in [1.807, 2.05) is 0 Å². The molecule has 25 heteroatoms. The van der Waals surface area contributed by atoms with Crippen LogP contribution in [0.2, 0.25) is 0 Å². The smallest absolute Gasteiger partial charge is 0.460 e. The van der Waals surface area contributed by atoms with E-state index in [0.717, 1.165) is 42.9 Å². The Hall–Kier alpha value is -1.69. The number of esters is 2. The van der Waals surface area contributed by atoms with Gasteiger partial charge in [-0.25, -0.2) is 4.79 Å². The van der Waals surface area contributed by atoms with Crippen LogP contribution in [0.1, 0.15) is 110 Å². The van der Waals surface area contributed by atoms with Gasteiger partial charge in [0, 0.05) is 17.9 Å². The van der Waals surface area contributed by atoms with Crippen molar-refractivity contribution in [3.05, 3.63) is 0 Å². The Morgan fingerprint density at radius 2 is 0.702 bits per heavy atom. The molecule has 0 amide bonds. The van der Waals surface area contributed by atoms with Crippen molar-refractivity contribution >= 4 is 33.5 Å². The lowest BCUT2D eigenvalue weighted by Crippen LogP contribution is -2.76. The standard InChI is InChI=1S/C32H43F19O4S2/c1-2-3-4-5-6-7-8-9-10-11-12-13-14-15-16-17-22(52)54-18-20-56-57-21-19-55-23(53)24(33,34)25(35,36)26(37,38)27(39,40)28(41,42)29(43,44)30(45,46)31(47,48)32(49,50)51/h2-21H2,1H3. The summed E-state index contributed by atoms with van der Waals surface area (Å²) < 4.78 is 263. The fraction of sp³-hybridized carbons (Fsp3) is 0.938. The Kier molecular flexibility index (Phi) is 22.1. The molecule has 0 saturated heterocycles. The summed E-state index contributed by atoms with van der Waals surface area (Å²) in [7, 11) is 1.36. The molecule has 0 aromatic heterocycles. The maximum atomic E-state index is 14.0. The van der Waals surface area contributed by atoms with E-state index in [4.69, 9.17) is 4.74 Å². The third-order valence-electron chi connectivity index (χ3n) is 8.27. The quantitative estimate of drug-likeness (QED) is 0.0299. The number of carbonyl (C=O) groups excluding carboxylic acids is 2. The Labute approximate surface area is 323 Å². The molecule has 0 radical (unpaired) electrons. The second kappa shape index (κ2) is 22.8. The molecule has 4 nitrogen and oxygen atoms in total. The summed E-state index contributed by atoms with van der Waals surface area (Å²) in [4.78, 5) is 23.2. The molecule has 0 saturated carbocycles. The normalized spacial score (nSPS) is 14.2. The zero-order valence-corrected chi connectivity index (χ0v) is 31.9. The van der Waals surface area contributed by atoms with Gasteiger partial charge in [-0.05, 0) is 6.42 Å². The zero-order chi connectivity index (χ0) is 44.6. The van der Waals surface area contributed by atoms with Gasteiger partial charge in [-0.2, -0.15) is 83.4 Å². The van der Waals surface area contributed by atoms with E-state index in [1.165, 1.54) is 57.8 Å². The Morgan fingerprint density at radius 1 is 0.404 bits per heavy atom. The van der Waals surface area contributed by atoms with Crippen molar-refractivity contribution in [2.24, 2.45) is 0 Å². The molecule has 340 valence electrons. The highest BCUT2D eigenvalue weighted by Crippen LogP contribution is 2.65. The van der Waals surface area contributed by atoms with Crippen molar-refractivity contribution in [2.45, 2.75) is 163 Å². The predicted molar refractivity (Wildman–Crippen MR) is 172 cm³/mol. The summed E-state index contributed by atoms with van der Waals surface area (Å²) in [6.07, 6.45) is 8.87. The molecule has 0 atom stereocenters. The third-order valence-corrected chi connectivity index (χ3v) is 10.6. The summed E-state index contributed by atoms with van der Waals surface area (Å²) >= 11 is 0.